The molecule has 2 aromatic rings. The first kappa shape index (κ1) is 17.0. The highest BCUT2D eigenvalue weighted by Crippen LogP contribution is 2.12. The van der Waals surface area contributed by atoms with E-state index in [1.54, 1.807) is 32.7 Å². The van der Waals surface area contributed by atoms with Crippen molar-refractivity contribution in [3.63, 3.8) is 0 Å². The molecule has 1 aliphatic heterocycles. The second kappa shape index (κ2) is 7.38. The summed E-state index contributed by atoms with van der Waals surface area (Å²) < 4.78 is 6.51. The van der Waals surface area contributed by atoms with Gasteiger partial charge in [-0.25, -0.2) is 0 Å². The molecule has 0 saturated carbocycles. The molecule has 0 aliphatic carbocycles. The van der Waals surface area contributed by atoms with E-state index in [0.29, 0.717) is 50.3 Å². The van der Waals surface area contributed by atoms with Crippen LogP contribution in [0.2, 0.25) is 0 Å². The Kier molecular flexibility index (Phi) is 5.02. The molecule has 7 heteroatoms. The molecule has 0 bridgehead atoms. The lowest BCUT2D eigenvalue weighted by atomic mass is 10.2. The summed E-state index contributed by atoms with van der Waals surface area (Å²) >= 11 is 0. The van der Waals surface area contributed by atoms with Crippen molar-refractivity contribution < 1.29 is 14.0 Å². The molecule has 2 amide bonds. The highest BCUT2D eigenvalue weighted by molar-refractivity contribution is 5.95. The van der Waals surface area contributed by atoms with Gasteiger partial charge in [0, 0.05) is 50.6 Å². The summed E-state index contributed by atoms with van der Waals surface area (Å²) in [4.78, 5) is 40.4. The summed E-state index contributed by atoms with van der Waals surface area (Å²) in [6.07, 6.45) is 5.24. The van der Waals surface area contributed by atoms with Crippen LogP contribution < -0.4 is 5.56 Å². The molecule has 0 spiro atoms. The van der Waals surface area contributed by atoms with Gasteiger partial charge in [-0.15, -0.1) is 0 Å². The smallest absolute Gasteiger partial charge is 0.257 e. The van der Waals surface area contributed by atoms with Gasteiger partial charge in [-0.2, -0.15) is 0 Å². The second-order valence-electron chi connectivity index (χ2n) is 5.99. The molecule has 3 heterocycles. The highest BCUT2D eigenvalue weighted by Gasteiger charge is 2.24. The molecule has 0 aromatic carbocycles. The van der Waals surface area contributed by atoms with Gasteiger partial charge in [-0.05, 0) is 25.5 Å². The lowest BCUT2D eigenvalue weighted by Crippen LogP contribution is -2.37. The summed E-state index contributed by atoms with van der Waals surface area (Å²) in [5.74, 6) is -0.258. The van der Waals surface area contributed by atoms with E-state index in [1.165, 1.54) is 18.6 Å². The zero-order valence-corrected chi connectivity index (χ0v) is 14.2. The van der Waals surface area contributed by atoms with Gasteiger partial charge in [-0.1, -0.05) is 0 Å². The number of aromatic nitrogens is 1. The van der Waals surface area contributed by atoms with E-state index in [-0.39, 0.29) is 17.4 Å². The molecule has 132 valence electrons. The van der Waals surface area contributed by atoms with Crippen molar-refractivity contribution in [3.8, 4) is 0 Å². The van der Waals surface area contributed by atoms with Gasteiger partial charge in [0.15, 0.2) is 0 Å². The van der Waals surface area contributed by atoms with Gasteiger partial charge in [0.1, 0.15) is 6.26 Å². The third-order valence-electron chi connectivity index (χ3n) is 4.42. The number of carbonyl (C=O) groups excluding carboxylic acids is 2. The van der Waals surface area contributed by atoms with E-state index in [9.17, 15) is 14.4 Å². The average Bonchev–Trinajstić information content (AvgIpc) is 3.05. The van der Waals surface area contributed by atoms with Gasteiger partial charge < -0.3 is 18.8 Å². The largest absolute Gasteiger partial charge is 0.472 e. The van der Waals surface area contributed by atoms with Crippen LogP contribution in [-0.4, -0.2) is 52.4 Å². The van der Waals surface area contributed by atoms with Crippen LogP contribution in [0.1, 0.15) is 34.1 Å². The molecule has 0 atom stereocenters. The topological polar surface area (TPSA) is 75.8 Å². The fraction of sp³-hybridized carbons (Fsp3) is 0.389. The van der Waals surface area contributed by atoms with Gasteiger partial charge in [0.05, 0.1) is 11.8 Å². The number of hydrogen-bond acceptors (Lipinski definition) is 4. The Hall–Kier alpha value is -2.83. The van der Waals surface area contributed by atoms with Crippen LogP contribution in [0, 0.1) is 0 Å². The first-order valence-electron chi connectivity index (χ1n) is 8.41. The standard InChI is InChI=1S/C18H21N3O4/c1-2-19-8-4-14(12-16(19)22)17(23)20-6-3-7-21(10-9-20)18(24)15-5-11-25-13-15/h4-5,8,11-13H,2-3,6-7,9-10H2,1H3. The van der Waals surface area contributed by atoms with Crippen molar-refractivity contribution in [1.29, 1.82) is 0 Å². The minimum absolute atomic E-state index is 0.0893. The number of pyridine rings is 1. The van der Waals surface area contributed by atoms with E-state index < -0.39 is 0 Å². The first-order valence-corrected chi connectivity index (χ1v) is 8.41. The molecule has 0 unspecified atom stereocenters. The van der Waals surface area contributed by atoms with E-state index in [2.05, 4.69) is 0 Å². The van der Waals surface area contributed by atoms with Crippen molar-refractivity contribution in [2.75, 3.05) is 26.2 Å². The molecule has 1 fully saturated rings. The van der Waals surface area contributed by atoms with Crippen LogP contribution in [0.4, 0.5) is 0 Å². The van der Waals surface area contributed by atoms with Crippen LogP contribution in [0.15, 0.2) is 46.1 Å². The number of furan rings is 1. The molecular formula is C18H21N3O4. The van der Waals surface area contributed by atoms with Crippen LogP contribution in [0.5, 0.6) is 0 Å². The predicted molar refractivity (Wildman–Crippen MR) is 91.5 cm³/mol. The number of hydrogen-bond donors (Lipinski definition) is 0. The van der Waals surface area contributed by atoms with Crippen molar-refractivity contribution in [1.82, 2.24) is 14.4 Å². The zero-order valence-electron chi connectivity index (χ0n) is 14.2. The fourth-order valence-corrected chi connectivity index (χ4v) is 2.98. The lowest BCUT2D eigenvalue weighted by Gasteiger charge is -2.22. The zero-order chi connectivity index (χ0) is 17.8. The Balaban J connectivity index is 1.68. The lowest BCUT2D eigenvalue weighted by molar-refractivity contribution is 0.0718. The predicted octanol–water partition coefficient (Wildman–Crippen LogP) is 1.45. The Bertz CT molecular complexity index is 810. The number of aryl methyl sites for hydroxylation is 1. The number of nitrogens with zero attached hydrogens (tertiary/aromatic N) is 3. The molecule has 0 radical (unpaired) electrons. The molecule has 1 aliphatic rings. The van der Waals surface area contributed by atoms with Crippen LogP contribution in [0.25, 0.3) is 0 Å². The van der Waals surface area contributed by atoms with Crippen molar-refractivity contribution in [3.05, 3.63) is 58.4 Å². The summed E-state index contributed by atoms with van der Waals surface area (Å²) in [7, 11) is 0. The molecule has 25 heavy (non-hydrogen) atoms. The monoisotopic (exact) mass is 343 g/mol. The molecule has 2 aromatic heterocycles. The Morgan fingerprint density at radius 1 is 1.04 bits per heavy atom. The highest BCUT2D eigenvalue weighted by atomic mass is 16.3. The molecule has 1 saturated heterocycles. The molecule has 7 nitrogen and oxygen atoms in total. The van der Waals surface area contributed by atoms with Gasteiger partial charge >= 0.3 is 0 Å². The van der Waals surface area contributed by atoms with E-state index in [0.717, 1.165) is 0 Å². The van der Waals surface area contributed by atoms with Crippen molar-refractivity contribution in [2.45, 2.75) is 19.9 Å². The van der Waals surface area contributed by atoms with E-state index in [1.807, 2.05) is 6.92 Å². The molecular weight excluding hydrogens is 322 g/mol. The summed E-state index contributed by atoms with van der Waals surface area (Å²) in [5.41, 5.74) is 0.729. The third-order valence-corrected chi connectivity index (χ3v) is 4.42. The van der Waals surface area contributed by atoms with Crippen molar-refractivity contribution >= 4 is 11.8 Å². The van der Waals surface area contributed by atoms with Crippen LogP contribution in [0.3, 0.4) is 0 Å². The summed E-state index contributed by atoms with van der Waals surface area (Å²) in [6, 6.07) is 4.69. The average molecular weight is 343 g/mol. The Morgan fingerprint density at radius 3 is 2.28 bits per heavy atom. The first-order chi connectivity index (χ1) is 12.1. The third kappa shape index (κ3) is 3.65. The number of amides is 2. The van der Waals surface area contributed by atoms with Gasteiger partial charge in [0.2, 0.25) is 0 Å². The molecule has 3 rings (SSSR count). The van der Waals surface area contributed by atoms with Crippen molar-refractivity contribution in [2.24, 2.45) is 0 Å². The minimum atomic E-state index is -0.181. The van der Waals surface area contributed by atoms with Gasteiger partial charge in [-0.3, -0.25) is 14.4 Å². The normalized spacial score (nSPS) is 15.1. The van der Waals surface area contributed by atoms with E-state index in [4.69, 9.17) is 4.42 Å². The van der Waals surface area contributed by atoms with Gasteiger partial charge in [0.25, 0.3) is 17.4 Å². The summed E-state index contributed by atoms with van der Waals surface area (Å²) in [6.45, 7) is 4.50. The quantitative estimate of drug-likeness (QED) is 0.845. The van der Waals surface area contributed by atoms with E-state index >= 15 is 0 Å². The maximum atomic E-state index is 12.7. The maximum absolute atomic E-state index is 12.7. The minimum Gasteiger partial charge on any atom is -0.472 e. The maximum Gasteiger partial charge on any atom is 0.257 e. The molecule has 0 N–H and O–H groups in total. The Morgan fingerprint density at radius 2 is 1.72 bits per heavy atom. The number of rotatable bonds is 3. The van der Waals surface area contributed by atoms with Crippen LogP contribution in [-0.2, 0) is 6.54 Å². The number of carbonyl (C=O) groups is 2. The SMILES string of the molecule is CCn1ccc(C(=O)N2CCCN(C(=O)c3ccoc3)CC2)cc1=O. The Labute approximate surface area is 145 Å². The fourth-order valence-electron chi connectivity index (χ4n) is 2.98. The summed E-state index contributed by atoms with van der Waals surface area (Å²) in [5, 5.41) is 0. The van der Waals surface area contributed by atoms with Crippen LogP contribution >= 0.6 is 0 Å². The second-order valence-corrected chi connectivity index (χ2v) is 5.99.